The Hall–Kier alpha value is -3.42. The lowest BCUT2D eigenvalue weighted by Gasteiger charge is -2.17. The Labute approximate surface area is 175 Å². The Morgan fingerprint density at radius 3 is 2.47 bits per heavy atom. The topological polar surface area (TPSA) is 102 Å². The van der Waals surface area contributed by atoms with Gasteiger partial charge < -0.3 is 15.0 Å². The molecular formula is C22H25N3O5. The number of nitro groups is 1. The number of carbonyl (C=O) groups is 2. The monoisotopic (exact) mass is 411 g/mol. The van der Waals surface area contributed by atoms with Crippen LogP contribution in [0.2, 0.25) is 0 Å². The summed E-state index contributed by atoms with van der Waals surface area (Å²) >= 11 is 0. The van der Waals surface area contributed by atoms with Gasteiger partial charge in [-0.3, -0.25) is 19.7 Å². The number of hydrogen-bond donors (Lipinski definition) is 1. The maximum Gasteiger partial charge on any atom is 0.269 e. The largest absolute Gasteiger partial charge is 0.489 e. The Bertz CT molecular complexity index is 909. The molecule has 0 radical (unpaired) electrons. The lowest BCUT2D eigenvalue weighted by atomic mass is 10.1. The van der Waals surface area contributed by atoms with Gasteiger partial charge in [0.1, 0.15) is 12.4 Å². The molecule has 2 aromatic carbocycles. The highest BCUT2D eigenvalue weighted by molar-refractivity contribution is 6.00. The normalized spacial score (nSPS) is 16.0. The number of nitro benzene ring substituents is 1. The second kappa shape index (κ2) is 9.39. The van der Waals surface area contributed by atoms with E-state index < -0.39 is 4.92 Å². The first-order chi connectivity index (χ1) is 14.3. The zero-order chi connectivity index (χ0) is 21.7. The molecule has 158 valence electrons. The number of amides is 2. The van der Waals surface area contributed by atoms with Crippen molar-refractivity contribution in [3.8, 4) is 5.75 Å². The smallest absolute Gasteiger partial charge is 0.269 e. The minimum absolute atomic E-state index is 0.0366. The van der Waals surface area contributed by atoms with E-state index in [2.05, 4.69) is 5.32 Å². The third kappa shape index (κ3) is 5.34. The third-order valence-electron chi connectivity index (χ3n) is 4.88. The quantitative estimate of drug-likeness (QED) is 0.530. The summed E-state index contributed by atoms with van der Waals surface area (Å²) in [6, 6.07) is 13.3. The van der Waals surface area contributed by atoms with Crippen LogP contribution in [0.4, 0.5) is 11.4 Å². The van der Waals surface area contributed by atoms with E-state index in [-0.39, 0.29) is 36.4 Å². The first-order valence-electron chi connectivity index (χ1n) is 9.87. The van der Waals surface area contributed by atoms with E-state index in [1.807, 2.05) is 13.8 Å². The molecule has 1 aliphatic heterocycles. The Morgan fingerprint density at radius 1 is 1.20 bits per heavy atom. The maximum atomic E-state index is 12.4. The molecule has 3 rings (SSSR count). The van der Waals surface area contributed by atoms with Crippen molar-refractivity contribution in [1.82, 2.24) is 5.32 Å². The van der Waals surface area contributed by atoms with Crippen LogP contribution < -0.4 is 15.0 Å². The second-order valence-electron chi connectivity index (χ2n) is 7.75. The highest BCUT2D eigenvalue weighted by Gasteiger charge is 2.35. The predicted octanol–water partition coefficient (Wildman–Crippen LogP) is 3.30. The highest BCUT2D eigenvalue weighted by Crippen LogP contribution is 2.27. The molecule has 1 N–H and O–H groups in total. The van der Waals surface area contributed by atoms with E-state index in [0.29, 0.717) is 24.8 Å². The molecular weight excluding hydrogens is 386 g/mol. The van der Waals surface area contributed by atoms with E-state index in [1.165, 1.54) is 12.1 Å². The second-order valence-corrected chi connectivity index (χ2v) is 7.75. The van der Waals surface area contributed by atoms with Crippen LogP contribution in [-0.4, -0.2) is 29.8 Å². The minimum atomic E-state index is -0.443. The summed E-state index contributed by atoms with van der Waals surface area (Å²) in [6.45, 7) is 5.30. The van der Waals surface area contributed by atoms with Gasteiger partial charge in [-0.25, -0.2) is 0 Å². The van der Waals surface area contributed by atoms with Gasteiger partial charge in [0.25, 0.3) is 5.69 Å². The predicted molar refractivity (Wildman–Crippen MR) is 112 cm³/mol. The summed E-state index contributed by atoms with van der Waals surface area (Å²) < 4.78 is 5.71. The van der Waals surface area contributed by atoms with E-state index in [1.54, 1.807) is 41.3 Å². The lowest BCUT2D eigenvalue weighted by molar-refractivity contribution is -0.384. The van der Waals surface area contributed by atoms with Gasteiger partial charge >= 0.3 is 0 Å². The van der Waals surface area contributed by atoms with Crippen LogP contribution in [0.25, 0.3) is 0 Å². The average molecular weight is 411 g/mol. The summed E-state index contributed by atoms with van der Waals surface area (Å²) in [5, 5.41) is 13.6. The van der Waals surface area contributed by atoms with Crippen molar-refractivity contribution < 1.29 is 19.2 Å². The van der Waals surface area contributed by atoms with Gasteiger partial charge in [-0.2, -0.15) is 0 Å². The van der Waals surface area contributed by atoms with Gasteiger partial charge in [-0.15, -0.1) is 0 Å². The number of hydrogen-bond acceptors (Lipinski definition) is 5. The van der Waals surface area contributed by atoms with Crippen LogP contribution in [0, 0.1) is 22.0 Å². The summed E-state index contributed by atoms with van der Waals surface area (Å²) in [4.78, 5) is 36.5. The molecule has 0 aliphatic carbocycles. The fraction of sp³-hybridized carbons (Fsp3) is 0.364. The lowest BCUT2D eigenvalue weighted by Crippen LogP contribution is -2.34. The van der Waals surface area contributed by atoms with Crippen LogP contribution in [0.5, 0.6) is 5.75 Å². The number of carbonyl (C=O) groups excluding carboxylic acids is 2. The molecule has 1 aliphatic rings. The molecule has 2 amide bonds. The molecule has 30 heavy (non-hydrogen) atoms. The molecule has 8 heteroatoms. The molecule has 0 spiro atoms. The van der Waals surface area contributed by atoms with Crippen molar-refractivity contribution >= 4 is 23.2 Å². The SMILES string of the molecule is CC(C)CNC(=O)C1CC(=O)N(c2ccc(OCc3ccc([N+](=O)[O-])cc3)cc2)C1. The fourth-order valence-corrected chi connectivity index (χ4v) is 3.18. The summed E-state index contributed by atoms with van der Waals surface area (Å²) in [7, 11) is 0. The molecule has 0 saturated carbocycles. The summed E-state index contributed by atoms with van der Waals surface area (Å²) in [5.41, 5.74) is 1.58. The molecule has 1 unspecified atom stereocenters. The van der Waals surface area contributed by atoms with Gasteiger partial charge in [0.05, 0.1) is 10.8 Å². The van der Waals surface area contributed by atoms with Crippen LogP contribution in [-0.2, 0) is 16.2 Å². The number of nitrogens with zero attached hydrogens (tertiary/aromatic N) is 2. The van der Waals surface area contributed by atoms with Gasteiger partial charge in [-0.05, 0) is 47.9 Å². The van der Waals surface area contributed by atoms with Crippen molar-refractivity contribution in [2.75, 3.05) is 18.0 Å². The van der Waals surface area contributed by atoms with Crippen molar-refractivity contribution in [3.05, 3.63) is 64.2 Å². The zero-order valence-electron chi connectivity index (χ0n) is 17.0. The van der Waals surface area contributed by atoms with Crippen molar-refractivity contribution in [2.24, 2.45) is 11.8 Å². The molecule has 2 aromatic rings. The first kappa shape index (κ1) is 21.3. The van der Waals surface area contributed by atoms with Crippen LogP contribution in [0.1, 0.15) is 25.8 Å². The highest BCUT2D eigenvalue weighted by atomic mass is 16.6. The van der Waals surface area contributed by atoms with Crippen LogP contribution in [0.3, 0.4) is 0 Å². The zero-order valence-corrected chi connectivity index (χ0v) is 17.0. The molecule has 1 fully saturated rings. The number of ether oxygens (including phenoxy) is 1. The minimum Gasteiger partial charge on any atom is -0.489 e. The van der Waals surface area contributed by atoms with E-state index in [4.69, 9.17) is 4.74 Å². The summed E-state index contributed by atoms with van der Waals surface area (Å²) in [6.07, 6.45) is 0.211. The molecule has 0 aromatic heterocycles. The number of rotatable bonds is 8. The summed E-state index contributed by atoms with van der Waals surface area (Å²) in [5.74, 6) is 0.492. The number of non-ortho nitro benzene ring substituents is 1. The van der Waals surface area contributed by atoms with Gasteiger partial charge in [-0.1, -0.05) is 13.8 Å². The van der Waals surface area contributed by atoms with Crippen LogP contribution in [0.15, 0.2) is 48.5 Å². The van der Waals surface area contributed by atoms with Crippen molar-refractivity contribution in [2.45, 2.75) is 26.9 Å². The average Bonchev–Trinajstić information content (AvgIpc) is 3.13. The van der Waals surface area contributed by atoms with Crippen LogP contribution >= 0.6 is 0 Å². The van der Waals surface area contributed by atoms with Crippen molar-refractivity contribution in [1.29, 1.82) is 0 Å². The molecule has 8 nitrogen and oxygen atoms in total. The van der Waals surface area contributed by atoms with Crippen molar-refractivity contribution in [3.63, 3.8) is 0 Å². The Kier molecular flexibility index (Phi) is 6.66. The maximum absolute atomic E-state index is 12.4. The number of benzene rings is 2. The van der Waals surface area contributed by atoms with Gasteiger partial charge in [0.15, 0.2) is 0 Å². The fourth-order valence-electron chi connectivity index (χ4n) is 3.18. The van der Waals surface area contributed by atoms with Gasteiger partial charge in [0, 0.05) is 37.3 Å². The van der Waals surface area contributed by atoms with E-state index >= 15 is 0 Å². The number of anilines is 1. The van der Waals surface area contributed by atoms with Gasteiger partial charge in [0.2, 0.25) is 11.8 Å². The third-order valence-corrected chi connectivity index (χ3v) is 4.88. The Morgan fingerprint density at radius 2 is 1.87 bits per heavy atom. The Balaban J connectivity index is 1.55. The first-order valence-corrected chi connectivity index (χ1v) is 9.87. The molecule has 0 bridgehead atoms. The molecule has 1 heterocycles. The number of nitrogens with one attached hydrogen (secondary N) is 1. The van der Waals surface area contributed by atoms with E-state index in [9.17, 15) is 19.7 Å². The van der Waals surface area contributed by atoms with E-state index in [0.717, 1.165) is 11.3 Å². The molecule has 1 atom stereocenters. The molecule has 1 saturated heterocycles. The standard InChI is InChI=1S/C22H25N3O5/c1-15(2)12-23-22(27)17-11-21(26)24(13-17)18-7-9-20(10-8-18)30-14-16-3-5-19(6-4-16)25(28)29/h3-10,15,17H,11-14H2,1-2H3,(H,23,27).